The lowest BCUT2D eigenvalue weighted by Gasteiger charge is -2.28. The average molecular weight is 543 g/mol. The van der Waals surface area contributed by atoms with E-state index in [-0.39, 0.29) is 15.8 Å². The summed E-state index contributed by atoms with van der Waals surface area (Å²) in [5, 5.41) is 5.59. The summed E-state index contributed by atoms with van der Waals surface area (Å²) in [7, 11) is -0.0952. The van der Waals surface area contributed by atoms with Gasteiger partial charge in [0.1, 0.15) is 0 Å². The molecule has 0 fully saturated rings. The van der Waals surface area contributed by atoms with Crippen LogP contribution in [-0.4, -0.2) is 23.6 Å². The maximum atomic E-state index is 2.49. The third-order valence-corrected chi connectivity index (χ3v) is 14.1. The normalized spacial score (nSPS) is 12.2. The van der Waals surface area contributed by atoms with Crippen LogP contribution in [0.5, 0.6) is 0 Å². The Morgan fingerprint density at radius 2 is 1.00 bits per heavy atom. The van der Waals surface area contributed by atoms with Gasteiger partial charge in [-0.25, -0.2) is 0 Å². The van der Waals surface area contributed by atoms with E-state index in [2.05, 4.69) is 114 Å². The molecule has 4 aromatic carbocycles. The zero-order chi connectivity index (χ0) is 27.1. The Hall–Kier alpha value is -1.74. The first-order valence-electron chi connectivity index (χ1n) is 14.9. The standard InChI is InChI=1S/C36H48P2/c1-7-9-23-37(24-10-8-2)25-31-21-19-29-15-11-13-17-33(29)35(31)36-32(26-38(27(3)4)28(5)6)22-20-30-16-12-14-18-34(30)36/h11-22,27-28H,7-10,23-26H2,1-6H3. The van der Waals surface area contributed by atoms with Crippen molar-refractivity contribution in [2.75, 3.05) is 12.3 Å². The van der Waals surface area contributed by atoms with Crippen molar-refractivity contribution in [1.82, 2.24) is 0 Å². The van der Waals surface area contributed by atoms with Crippen molar-refractivity contribution >= 4 is 37.4 Å². The van der Waals surface area contributed by atoms with Crippen LogP contribution < -0.4 is 0 Å². The van der Waals surface area contributed by atoms with Crippen LogP contribution >= 0.6 is 15.8 Å². The molecule has 0 unspecified atom stereocenters. The van der Waals surface area contributed by atoms with Crippen LogP contribution in [0.1, 0.15) is 78.4 Å². The van der Waals surface area contributed by atoms with Gasteiger partial charge in [-0.05, 0) is 92.6 Å². The molecule has 0 aliphatic carbocycles. The largest absolute Gasteiger partial charge is 0.102 e. The Kier molecular flexibility index (Phi) is 10.8. The maximum Gasteiger partial charge on any atom is -0.00606 e. The van der Waals surface area contributed by atoms with Crippen molar-refractivity contribution in [1.29, 1.82) is 0 Å². The molecule has 0 radical (unpaired) electrons. The van der Waals surface area contributed by atoms with Crippen molar-refractivity contribution in [3.05, 3.63) is 83.9 Å². The molecule has 0 aliphatic heterocycles. The minimum absolute atomic E-state index is 0.00325. The minimum atomic E-state index is -0.0985. The van der Waals surface area contributed by atoms with Crippen LogP contribution in [0.2, 0.25) is 0 Å². The zero-order valence-corrected chi connectivity index (χ0v) is 26.4. The summed E-state index contributed by atoms with van der Waals surface area (Å²) in [4.78, 5) is 0. The molecule has 0 amide bonds. The van der Waals surface area contributed by atoms with Crippen LogP contribution in [0.25, 0.3) is 32.7 Å². The molecule has 0 N–H and O–H groups in total. The predicted octanol–water partition coefficient (Wildman–Crippen LogP) is 12.0. The summed E-state index contributed by atoms with van der Waals surface area (Å²) >= 11 is 0. The first kappa shape index (κ1) is 29.2. The van der Waals surface area contributed by atoms with E-state index in [0.717, 1.165) is 11.3 Å². The molecular weight excluding hydrogens is 494 g/mol. The highest BCUT2D eigenvalue weighted by Crippen LogP contribution is 2.52. The second-order valence-electron chi connectivity index (χ2n) is 11.5. The number of fused-ring (bicyclic) bond motifs is 2. The quantitative estimate of drug-likeness (QED) is 0.147. The summed E-state index contributed by atoms with van der Waals surface area (Å²) in [6, 6.07) is 28.0. The van der Waals surface area contributed by atoms with Crippen LogP contribution in [0.15, 0.2) is 72.8 Å². The Morgan fingerprint density at radius 3 is 1.45 bits per heavy atom. The molecule has 38 heavy (non-hydrogen) atoms. The van der Waals surface area contributed by atoms with E-state index >= 15 is 0 Å². The number of hydrogen-bond acceptors (Lipinski definition) is 0. The van der Waals surface area contributed by atoms with Gasteiger partial charge in [-0.2, -0.15) is 0 Å². The van der Waals surface area contributed by atoms with Gasteiger partial charge in [-0.3, -0.25) is 0 Å². The molecule has 0 aromatic heterocycles. The molecule has 0 atom stereocenters. The average Bonchev–Trinajstić information content (AvgIpc) is 2.92. The molecule has 4 aromatic rings. The van der Waals surface area contributed by atoms with Gasteiger partial charge < -0.3 is 0 Å². The molecule has 0 heterocycles. The number of unbranched alkanes of at least 4 members (excludes halogenated alkanes) is 2. The van der Waals surface area contributed by atoms with Crippen LogP contribution in [0, 0.1) is 0 Å². The van der Waals surface area contributed by atoms with Gasteiger partial charge >= 0.3 is 0 Å². The monoisotopic (exact) mass is 542 g/mol. The third kappa shape index (κ3) is 6.87. The van der Waals surface area contributed by atoms with Gasteiger partial charge in [0.05, 0.1) is 0 Å². The van der Waals surface area contributed by atoms with E-state index in [4.69, 9.17) is 0 Å². The van der Waals surface area contributed by atoms with Gasteiger partial charge in [-0.15, -0.1) is 7.92 Å². The summed E-state index contributed by atoms with van der Waals surface area (Å²) < 4.78 is 0. The van der Waals surface area contributed by atoms with Crippen molar-refractivity contribution in [2.24, 2.45) is 0 Å². The Morgan fingerprint density at radius 1 is 0.553 bits per heavy atom. The lowest BCUT2D eigenvalue weighted by molar-refractivity contribution is 0.865. The van der Waals surface area contributed by atoms with E-state index in [1.165, 1.54) is 83.0 Å². The summed E-state index contributed by atoms with van der Waals surface area (Å²) in [5.74, 6) is 0. The molecule has 4 rings (SSSR count). The Bertz CT molecular complexity index is 1300. The lowest BCUT2D eigenvalue weighted by Crippen LogP contribution is -2.07. The Labute approximate surface area is 235 Å². The highest BCUT2D eigenvalue weighted by molar-refractivity contribution is 7.58. The maximum absolute atomic E-state index is 2.49. The van der Waals surface area contributed by atoms with Crippen molar-refractivity contribution < 1.29 is 0 Å². The molecule has 0 saturated carbocycles. The number of hydrogen-bond donors (Lipinski definition) is 0. The molecule has 0 nitrogen and oxygen atoms in total. The molecule has 202 valence electrons. The van der Waals surface area contributed by atoms with Crippen molar-refractivity contribution in [3.63, 3.8) is 0 Å². The van der Waals surface area contributed by atoms with Crippen LogP contribution in [0.3, 0.4) is 0 Å². The van der Waals surface area contributed by atoms with Crippen LogP contribution in [0.4, 0.5) is 0 Å². The number of rotatable bonds is 13. The third-order valence-electron chi connectivity index (χ3n) is 8.01. The summed E-state index contributed by atoms with van der Waals surface area (Å²) in [6.45, 7) is 14.4. The zero-order valence-electron chi connectivity index (χ0n) is 24.6. The fraction of sp³-hybridized carbons (Fsp3) is 0.444. The highest BCUT2D eigenvalue weighted by Gasteiger charge is 2.23. The lowest BCUT2D eigenvalue weighted by atomic mass is 9.88. The van der Waals surface area contributed by atoms with E-state index in [1.54, 1.807) is 11.1 Å². The molecule has 2 heteroatoms. The fourth-order valence-electron chi connectivity index (χ4n) is 5.92. The van der Waals surface area contributed by atoms with Crippen LogP contribution in [-0.2, 0) is 12.3 Å². The van der Waals surface area contributed by atoms with Gasteiger partial charge in [-0.1, -0.05) is 135 Å². The van der Waals surface area contributed by atoms with Crippen molar-refractivity contribution in [3.8, 4) is 11.1 Å². The predicted molar refractivity (Wildman–Crippen MR) is 178 cm³/mol. The van der Waals surface area contributed by atoms with E-state index in [9.17, 15) is 0 Å². The molecule has 0 saturated heterocycles. The second kappa shape index (κ2) is 14.1. The first-order chi connectivity index (χ1) is 18.4. The summed E-state index contributed by atoms with van der Waals surface area (Å²) in [5.41, 5.74) is 7.64. The Balaban J connectivity index is 1.96. The SMILES string of the molecule is CCCCP(CCCC)Cc1ccc2ccccc2c1-c1c(CP(C(C)C)C(C)C)ccc2ccccc12. The van der Waals surface area contributed by atoms with E-state index < -0.39 is 0 Å². The second-order valence-corrected chi connectivity index (χ2v) is 17.4. The van der Waals surface area contributed by atoms with Gasteiger partial charge in [0.2, 0.25) is 0 Å². The molecular formula is C36H48P2. The topological polar surface area (TPSA) is 0 Å². The summed E-state index contributed by atoms with van der Waals surface area (Å²) in [6.07, 6.45) is 10.6. The highest BCUT2D eigenvalue weighted by atomic mass is 31.1. The smallest absolute Gasteiger partial charge is 0.00606 e. The molecule has 0 aliphatic rings. The first-order valence-corrected chi connectivity index (χ1v) is 18.5. The van der Waals surface area contributed by atoms with Gasteiger partial charge in [0, 0.05) is 0 Å². The fourth-order valence-corrected chi connectivity index (χ4v) is 11.3. The van der Waals surface area contributed by atoms with E-state index in [1.807, 2.05) is 0 Å². The van der Waals surface area contributed by atoms with Gasteiger partial charge in [0.15, 0.2) is 0 Å². The number of benzene rings is 4. The minimum Gasteiger partial charge on any atom is -0.102 e. The van der Waals surface area contributed by atoms with Crippen molar-refractivity contribution in [2.45, 2.75) is 90.9 Å². The van der Waals surface area contributed by atoms with Gasteiger partial charge in [0.25, 0.3) is 0 Å². The molecule has 0 spiro atoms. The molecule has 0 bridgehead atoms. The van der Waals surface area contributed by atoms with E-state index in [0.29, 0.717) is 0 Å².